The number of halogens is 3. The van der Waals surface area contributed by atoms with Crippen molar-refractivity contribution < 1.29 is 31.2 Å². The van der Waals surface area contributed by atoms with Crippen molar-refractivity contribution in [1.29, 1.82) is 0 Å². The largest absolute Gasteiger partial charge is 0.421 e. The van der Waals surface area contributed by atoms with Gasteiger partial charge in [0.2, 0.25) is 11.9 Å². The molecule has 1 aliphatic carbocycles. The molecule has 5 rings (SSSR count). The molecular weight excluding hydrogens is 684 g/mol. The van der Waals surface area contributed by atoms with E-state index in [0.29, 0.717) is 48.4 Å². The zero-order valence-electron chi connectivity index (χ0n) is 28.8. The fraction of sp³-hybridized carbons (Fsp3) is 0.500. The molecular formula is C36H46F3N7O4S. The lowest BCUT2D eigenvalue weighted by atomic mass is 10.0. The molecule has 2 fully saturated rings. The lowest BCUT2D eigenvalue weighted by Gasteiger charge is -2.34. The number of piperazine rings is 1. The second-order valence-electron chi connectivity index (χ2n) is 13.3. The number of hydrogen-bond donors (Lipinski definition) is 3. The fourth-order valence-electron chi connectivity index (χ4n) is 6.45. The molecule has 1 aliphatic heterocycles. The number of anilines is 3. The molecule has 0 unspecified atom stereocenters. The van der Waals surface area contributed by atoms with Crippen molar-refractivity contribution in [2.45, 2.75) is 69.0 Å². The van der Waals surface area contributed by atoms with E-state index >= 15 is 0 Å². The molecule has 51 heavy (non-hydrogen) atoms. The van der Waals surface area contributed by atoms with E-state index in [9.17, 15) is 31.2 Å². The van der Waals surface area contributed by atoms with Gasteiger partial charge in [-0.1, -0.05) is 31.4 Å². The number of carbonyl (C=O) groups is 2. The lowest BCUT2D eigenvalue weighted by Crippen LogP contribution is -2.48. The first kappa shape index (κ1) is 38.0. The third-order valence-corrected chi connectivity index (χ3v) is 10.5. The number of hydrogen-bond acceptors (Lipinski definition) is 9. The third kappa shape index (κ3) is 11.4. The topological polar surface area (TPSA) is 137 Å². The van der Waals surface area contributed by atoms with Gasteiger partial charge in [0.15, 0.2) is 9.84 Å². The highest BCUT2D eigenvalue weighted by Crippen LogP contribution is 2.34. The molecule has 11 nitrogen and oxygen atoms in total. The number of benzene rings is 2. The van der Waals surface area contributed by atoms with Crippen molar-refractivity contribution >= 4 is 39.1 Å². The molecule has 2 aromatic carbocycles. The Hall–Kier alpha value is -4.24. The van der Waals surface area contributed by atoms with Crippen molar-refractivity contribution in [2.24, 2.45) is 5.92 Å². The Morgan fingerprint density at radius 3 is 2.37 bits per heavy atom. The Labute approximate surface area is 297 Å². The molecule has 1 saturated carbocycles. The molecule has 276 valence electrons. The van der Waals surface area contributed by atoms with Crippen molar-refractivity contribution in [1.82, 2.24) is 25.1 Å². The van der Waals surface area contributed by atoms with Crippen LogP contribution in [0.25, 0.3) is 0 Å². The van der Waals surface area contributed by atoms with Crippen LogP contribution in [0.3, 0.4) is 0 Å². The van der Waals surface area contributed by atoms with E-state index < -0.39 is 27.4 Å². The first-order valence-electron chi connectivity index (χ1n) is 17.5. The van der Waals surface area contributed by atoms with Crippen molar-refractivity contribution in [3.8, 4) is 0 Å². The summed E-state index contributed by atoms with van der Waals surface area (Å²) in [5.74, 6) is 0.102. The standard InChI is InChI=1S/C36H46F3N7O4S/c1-51(49,50)30-11-7-10-27(22-30)24-41-33-31(36(37,38)39)25-42-35(44-33)43-29-14-12-28(13-15-29)34(48)46-20-18-45(19-21-46)17-6-2-5-16-40-32(47)23-26-8-3-4-9-26/h7,10-15,22,25-26H,2-6,8-9,16-21,23-24H2,1H3,(H,40,47)(H2,41,42,43,44). The summed E-state index contributed by atoms with van der Waals surface area (Å²) in [6.45, 7) is 4.38. The highest BCUT2D eigenvalue weighted by molar-refractivity contribution is 7.90. The van der Waals surface area contributed by atoms with Gasteiger partial charge in [-0.15, -0.1) is 0 Å². The van der Waals surface area contributed by atoms with E-state index in [1.54, 1.807) is 30.3 Å². The number of rotatable bonds is 15. The molecule has 1 aromatic heterocycles. The van der Waals surface area contributed by atoms with Crippen LogP contribution in [0.2, 0.25) is 0 Å². The van der Waals surface area contributed by atoms with Crippen molar-refractivity contribution in [3.05, 3.63) is 71.4 Å². The number of nitrogens with one attached hydrogen (secondary N) is 3. The van der Waals surface area contributed by atoms with Gasteiger partial charge in [0.25, 0.3) is 5.91 Å². The van der Waals surface area contributed by atoms with Gasteiger partial charge in [-0.25, -0.2) is 13.4 Å². The van der Waals surface area contributed by atoms with Gasteiger partial charge in [0.1, 0.15) is 11.4 Å². The number of amides is 2. The molecule has 2 heterocycles. The monoisotopic (exact) mass is 729 g/mol. The Kier molecular flexibility index (Phi) is 12.9. The molecule has 3 N–H and O–H groups in total. The van der Waals surface area contributed by atoms with Crippen LogP contribution < -0.4 is 16.0 Å². The Morgan fingerprint density at radius 1 is 0.961 bits per heavy atom. The maximum absolute atomic E-state index is 13.7. The molecule has 0 atom stereocenters. The normalized spacial score (nSPS) is 15.9. The summed E-state index contributed by atoms with van der Waals surface area (Å²) >= 11 is 0. The van der Waals surface area contributed by atoms with Crippen LogP contribution in [0, 0.1) is 5.92 Å². The van der Waals surface area contributed by atoms with E-state index in [4.69, 9.17) is 0 Å². The van der Waals surface area contributed by atoms with Crippen LogP contribution in [-0.4, -0.2) is 85.5 Å². The summed E-state index contributed by atoms with van der Waals surface area (Å²) in [5, 5.41) is 8.62. The van der Waals surface area contributed by atoms with E-state index in [-0.39, 0.29) is 29.2 Å². The number of sulfone groups is 1. The van der Waals surface area contributed by atoms with Gasteiger partial charge in [-0.05, 0) is 80.1 Å². The second-order valence-corrected chi connectivity index (χ2v) is 15.3. The zero-order chi connectivity index (χ0) is 36.4. The minimum absolute atomic E-state index is 0.0575. The van der Waals surface area contributed by atoms with Crippen LogP contribution in [0.5, 0.6) is 0 Å². The van der Waals surface area contributed by atoms with Gasteiger partial charge in [-0.3, -0.25) is 14.5 Å². The predicted octanol–water partition coefficient (Wildman–Crippen LogP) is 5.88. The Bertz CT molecular complexity index is 1740. The highest BCUT2D eigenvalue weighted by atomic mass is 32.2. The molecule has 0 radical (unpaired) electrons. The van der Waals surface area contributed by atoms with E-state index in [1.165, 1.54) is 43.9 Å². The summed E-state index contributed by atoms with van der Waals surface area (Å²) in [6.07, 6.45) is 5.58. The van der Waals surface area contributed by atoms with Crippen LogP contribution >= 0.6 is 0 Å². The number of carbonyl (C=O) groups excluding carboxylic acids is 2. The first-order valence-corrected chi connectivity index (χ1v) is 19.4. The fourth-order valence-corrected chi connectivity index (χ4v) is 7.14. The molecule has 3 aromatic rings. The molecule has 15 heteroatoms. The van der Waals surface area contributed by atoms with Crippen molar-refractivity contribution in [3.63, 3.8) is 0 Å². The summed E-state index contributed by atoms with van der Waals surface area (Å²) in [7, 11) is -3.49. The van der Waals surface area contributed by atoms with E-state index in [2.05, 4.69) is 30.8 Å². The number of aromatic nitrogens is 2. The third-order valence-electron chi connectivity index (χ3n) is 9.35. The Balaban J connectivity index is 1.07. The summed E-state index contributed by atoms with van der Waals surface area (Å²) in [6, 6.07) is 12.5. The van der Waals surface area contributed by atoms with Crippen LogP contribution in [-0.2, 0) is 27.4 Å². The SMILES string of the molecule is CS(=O)(=O)c1cccc(CNc2nc(Nc3ccc(C(=O)N4CCN(CCCCCNC(=O)CC5CCCC5)CC4)cc3)ncc2C(F)(F)F)c1. The number of alkyl halides is 3. The Morgan fingerprint density at radius 2 is 1.69 bits per heavy atom. The maximum Gasteiger partial charge on any atom is 0.421 e. The minimum Gasteiger partial charge on any atom is -0.365 e. The summed E-state index contributed by atoms with van der Waals surface area (Å²) in [4.78, 5) is 37.4. The quantitative estimate of drug-likeness (QED) is 0.164. The van der Waals surface area contributed by atoms with Gasteiger partial charge >= 0.3 is 6.18 Å². The summed E-state index contributed by atoms with van der Waals surface area (Å²) < 4.78 is 65.0. The average Bonchev–Trinajstić information content (AvgIpc) is 3.61. The lowest BCUT2D eigenvalue weighted by molar-refractivity contribution is -0.137. The zero-order valence-corrected chi connectivity index (χ0v) is 29.7. The first-order chi connectivity index (χ1) is 24.3. The molecule has 2 aliphatic rings. The van der Waals surface area contributed by atoms with E-state index in [1.807, 2.05) is 4.90 Å². The van der Waals surface area contributed by atoms with Gasteiger partial charge in [0, 0.05) is 69.4 Å². The second kappa shape index (κ2) is 17.3. The highest BCUT2D eigenvalue weighted by Gasteiger charge is 2.35. The van der Waals surface area contributed by atoms with Crippen LogP contribution in [0.1, 0.15) is 72.9 Å². The minimum atomic E-state index is -4.73. The predicted molar refractivity (Wildman–Crippen MR) is 189 cm³/mol. The number of nitrogens with zero attached hydrogens (tertiary/aromatic N) is 4. The average molecular weight is 730 g/mol. The van der Waals surface area contributed by atoms with Crippen LogP contribution in [0.4, 0.5) is 30.6 Å². The molecule has 2 amide bonds. The number of unbranched alkanes of at least 4 members (excludes halogenated alkanes) is 2. The molecule has 0 bridgehead atoms. The maximum atomic E-state index is 13.7. The summed E-state index contributed by atoms with van der Waals surface area (Å²) in [5.41, 5.74) is 0.374. The van der Waals surface area contributed by atoms with Crippen LogP contribution in [0.15, 0.2) is 59.6 Å². The van der Waals surface area contributed by atoms with Crippen molar-refractivity contribution in [2.75, 3.05) is 56.2 Å². The van der Waals surface area contributed by atoms with Gasteiger partial charge < -0.3 is 20.9 Å². The molecule has 1 saturated heterocycles. The van der Waals surface area contributed by atoms with Gasteiger partial charge in [-0.2, -0.15) is 18.2 Å². The van der Waals surface area contributed by atoms with Gasteiger partial charge in [0.05, 0.1) is 4.90 Å². The van der Waals surface area contributed by atoms with E-state index in [0.717, 1.165) is 51.7 Å². The smallest absolute Gasteiger partial charge is 0.365 e. The molecule has 0 spiro atoms.